The predicted octanol–water partition coefficient (Wildman–Crippen LogP) is 1.36. The van der Waals surface area contributed by atoms with Gasteiger partial charge in [0.05, 0.1) is 12.7 Å². The van der Waals surface area contributed by atoms with Crippen molar-refractivity contribution in [3.63, 3.8) is 0 Å². The molecule has 0 aromatic rings. The molecule has 1 atom stereocenters. The first-order valence-corrected chi connectivity index (χ1v) is 2.28. The first kappa shape index (κ1) is 11.8. The summed E-state index contributed by atoms with van der Waals surface area (Å²) in [5.74, 6) is 0. The van der Waals surface area contributed by atoms with E-state index >= 15 is 0 Å². The van der Waals surface area contributed by atoms with E-state index in [0.29, 0.717) is 0 Å². The van der Waals surface area contributed by atoms with Crippen LogP contribution in [-0.4, -0.2) is 19.1 Å². The molecule has 58 valence electrons. The zero-order chi connectivity index (χ0) is 6.57. The monoisotopic (exact) mass is 163 g/mol. The summed E-state index contributed by atoms with van der Waals surface area (Å²) in [6.45, 7) is -0.772. The molecule has 0 fully saturated rings. The average molecular weight is 164 g/mol. The number of nitrogens with two attached hydrogens (primary N) is 1. The van der Waals surface area contributed by atoms with Crippen LogP contribution in [0.5, 0.6) is 0 Å². The standard InChI is InChI=1S/C4H8F3N.ClH/c5-2-1-3(8)4(6)7;/h3-4H,1-2,8H2;1H. The molecule has 0 aromatic carbocycles. The highest BCUT2D eigenvalue weighted by Crippen LogP contribution is 2.01. The van der Waals surface area contributed by atoms with E-state index in [1.165, 1.54) is 0 Å². The Bertz CT molecular complexity index is 61.8. The molecule has 1 nitrogen and oxygen atoms in total. The highest BCUT2D eigenvalue weighted by atomic mass is 35.5. The van der Waals surface area contributed by atoms with Gasteiger partial charge in [-0.2, -0.15) is 0 Å². The summed E-state index contributed by atoms with van der Waals surface area (Å²) in [5.41, 5.74) is 4.74. The number of rotatable bonds is 3. The Morgan fingerprint density at radius 1 is 1.33 bits per heavy atom. The summed E-state index contributed by atoms with van der Waals surface area (Å²) >= 11 is 0. The number of hydrogen-bond donors (Lipinski definition) is 1. The summed E-state index contributed by atoms with van der Waals surface area (Å²) in [7, 11) is 0. The fourth-order valence-corrected chi connectivity index (χ4v) is 0.252. The van der Waals surface area contributed by atoms with Crippen LogP contribution >= 0.6 is 12.4 Å². The third-order valence-corrected chi connectivity index (χ3v) is 0.766. The van der Waals surface area contributed by atoms with Crippen LogP contribution in [0.15, 0.2) is 0 Å². The van der Waals surface area contributed by atoms with E-state index in [1.807, 2.05) is 0 Å². The van der Waals surface area contributed by atoms with Crippen molar-refractivity contribution >= 4 is 12.4 Å². The SMILES string of the molecule is Cl.NC(CCF)C(F)F. The molecule has 0 amide bonds. The third-order valence-electron chi connectivity index (χ3n) is 0.766. The molecule has 0 saturated heterocycles. The van der Waals surface area contributed by atoms with Gasteiger partial charge < -0.3 is 5.73 Å². The van der Waals surface area contributed by atoms with Gasteiger partial charge in [0.2, 0.25) is 0 Å². The fourth-order valence-electron chi connectivity index (χ4n) is 0.252. The van der Waals surface area contributed by atoms with Crippen LogP contribution in [0, 0.1) is 0 Å². The van der Waals surface area contributed by atoms with Gasteiger partial charge in [-0.15, -0.1) is 12.4 Å². The molecular formula is C4H9ClF3N. The molecule has 5 heteroatoms. The zero-order valence-corrected chi connectivity index (χ0v) is 5.50. The maximum absolute atomic E-state index is 11.3. The number of halogens is 4. The molecule has 0 heterocycles. The van der Waals surface area contributed by atoms with Crippen LogP contribution in [-0.2, 0) is 0 Å². The molecule has 0 radical (unpaired) electrons. The Morgan fingerprint density at radius 3 is 1.89 bits per heavy atom. The van der Waals surface area contributed by atoms with Gasteiger partial charge >= 0.3 is 0 Å². The van der Waals surface area contributed by atoms with E-state index in [2.05, 4.69) is 0 Å². The molecule has 0 aliphatic heterocycles. The molecule has 0 aromatic heterocycles. The highest BCUT2D eigenvalue weighted by molar-refractivity contribution is 5.85. The summed E-state index contributed by atoms with van der Waals surface area (Å²) < 4.78 is 33.8. The van der Waals surface area contributed by atoms with Gasteiger partial charge in [-0.05, 0) is 6.42 Å². The Hall–Kier alpha value is 0.0400. The molecule has 9 heavy (non-hydrogen) atoms. The summed E-state index contributed by atoms with van der Waals surface area (Å²) in [4.78, 5) is 0. The van der Waals surface area contributed by atoms with Gasteiger partial charge in [-0.25, -0.2) is 8.78 Å². The van der Waals surface area contributed by atoms with Crippen LogP contribution in [0.3, 0.4) is 0 Å². The molecule has 0 rings (SSSR count). The predicted molar refractivity (Wildman–Crippen MR) is 31.8 cm³/mol. The van der Waals surface area contributed by atoms with E-state index in [-0.39, 0.29) is 18.8 Å². The van der Waals surface area contributed by atoms with Crippen molar-refractivity contribution in [2.24, 2.45) is 5.73 Å². The lowest BCUT2D eigenvalue weighted by Crippen LogP contribution is -2.28. The minimum absolute atomic E-state index is 0. The highest BCUT2D eigenvalue weighted by Gasteiger charge is 2.13. The molecular weight excluding hydrogens is 154 g/mol. The normalized spacial score (nSPS) is 13.0. The van der Waals surface area contributed by atoms with Gasteiger partial charge in [0, 0.05) is 0 Å². The smallest absolute Gasteiger partial charge is 0.253 e. The van der Waals surface area contributed by atoms with Crippen molar-refractivity contribution in [2.75, 3.05) is 6.67 Å². The minimum atomic E-state index is -2.59. The Labute approximate surface area is 57.8 Å². The van der Waals surface area contributed by atoms with Gasteiger partial charge in [0.1, 0.15) is 0 Å². The van der Waals surface area contributed by atoms with Crippen molar-refractivity contribution in [3.05, 3.63) is 0 Å². The van der Waals surface area contributed by atoms with E-state index in [0.717, 1.165) is 0 Å². The molecule has 0 saturated carbocycles. The second kappa shape index (κ2) is 6.16. The van der Waals surface area contributed by atoms with Gasteiger partial charge in [0.25, 0.3) is 6.43 Å². The van der Waals surface area contributed by atoms with Gasteiger partial charge in [-0.1, -0.05) is 0 Å². The lowest BCUT2D eigenvalue weighted by molar-refractivity contribution is 0.108. The average Bonchev–Trinajstić information content (AvgIpc) is 1.67. The number of alkyl halides is 3. The summed E-state index contributed by atoms with van der Waals surface area (Å²) in [6, 6.07) is -1.29. The summed E-state index contributed by atoms with van der Waals surface area (Å²) in [5, 5.41) is 0. The van der Waals surface area contributed by atoms with E-state index in [4.69, 9.17) is 5.73 Å². The van der Waals surface area contributed by atoms with Crippen LogP contribution in [0.1, 0.15) is 6.42 Å². The largest absolute Gasteiger partial charge is 0.323 e. The van der Waals surface area contributed by atoms with Crippen LogP contribution in [0.4, 0.5) is 13.2 Å². The topological polar surface area (TPSA) is 26.0 Å². The zero-order valence-electron chi connectivity index (χ0n) is 4.69. The lowest BCUT2D eigenvalue weighted by atomic mass is 10.2. The molecule has 0 aliphatic rings. The van der Waals surface area contributed by atoms with Crippen molar-refractivity contribution < 1.29 is 13.2 Å². The third kappa shape index (κ3) is 5.92. The Balaban J connectivity index is 0. The quantitative estimate of drug-likeness (QED) is 0.668. The maximum atomic E-state index is 11.3. The second-order valence-electron chi connectivity index (χ2n) is 1.48. The Kier molecular flexibility index (Phi) is 8.08. The minimum Gasteiger partial charge on any atom is -0.323 e. The van der Waals surface area contributed by atoms with Crippen molar-refractivity contribution in [3.8, 4) is 0 Å². The first-order valence-electron chi connectivity index (χ1n) is 2.28. The van der Waals surface area contributed by atoms with Crippen LogP contribution < -0.4 is 5.73 Å². The van der Waals surface area contributed by atoms with Gasteiger partial charge in [0.15, 0.2) is 0 Å². The molecule has 0 bridgehead atoms. The maximum Gasteiger partial charge on any atom is 0.253 e. The molecule has 0 aliphatic carbocycles. The Morgan fingerprint density at radius 2 is 1.78 bits per heavy atom. The van der Waals surface area contributed by atoms with Crippen molar-refractivity contribution in [1.82, 2.24) is 0 Å². The fraction of sp³-hybridized carbons (Fsp3) is 1.00. The molecule has 2 N–H and O–H groups in total. The first-order chi connectivity index (χ1) is 3.68. The molecule has 1 unspecified atom stereocenters. The van der Waals surface area contributed by atoms with Crippen molar-refractivity contribution in [1.29, 1.82) is 0 Å². The van der Waals surface area contributed by atoms with Gasteiger partial charge in [-0.3, -0.25) is 4.39 Å². The van der Waals surface area contributed by atoms with Crippen LogP contribution in [0.2, 0.25) is 0 Å². The summed E-state index contributed by atoms with van der Waals surface area (Å²) in [6.07, 6.45) is -2.84. The lowest BCUT2D eigenvalue weighted by Gasteiger charge is -2.05. The molecule has 0 spiro atoms. The second-order valence-corrected chi connectivity index (χ2v) is 1.48. The van der Waals surface area contributed by atoms with E-state index in [1.54, 1.807) is 0 Å². The van der Waals surface area contributed by atoms with Crippen molar-refractivity contribution in [2.45, 2.75) is 18.9 Å². The van der Waals surface area contributed by atoms with E-state index < -0.39 is 19.1 Å². The van der Waals surface area contributed by atoms with Crippen LogP contribution in [0.25, 0.3) is 0 Å². The van der Waals surface area contributed by atoms with E-state index in [9.17, 15) is 13.2 Å². The number of hydrogen-bond acceptors (Lipinski definition) is 1.